The molecule has 14 heteroatoms. The van der Waals surface area contributed by atoms with Crippen molar-refractivity contribution in [2.24, 2.45) is 5.92 Å². The van der Waals surface area contributed by atoms with Crippen LogP contribution in [0.1, 0.15) is 83.5 Å². The lowest BCUT2D eigenvalue weighted by atomic mass is 9.89. The summed E-state index contributed by atoms with van der Waals surface area (Å²) in [4.78, 5) is 52.7. The number of benzene rings is 2. The third-order valence-electron chi connectivity index (χ3n) is 12.7. The van der Waals surface area contributed by atoms with Gasteiger partial charge in [0.1, 0.15) is 17.6 Å². The highest BCUT2D eigenvalue weighted by Crippen LogP contribution is 2.32. The van der Waals surface area contributed by atoms with Crippen LogP contribution in [0.25, 0.3) is 11.3 Å². The Morgan fingerprint density at radius 3 is 2.25 bits per heavy atom. The molecule has 4 N–H and O–H groups in total. The normalized spacial score (nSPS) is 24.2. The van der Waals surface area contributed by atoms with Gasteiger partial charge >= 0.3 is 0 Å². The van der Waals surface area contributed by atoms with Crippen molar-refractivity contribution in [2.45, 2.75) is 108 Å². The zero-order valence-corrected chi connectivity index (χ0v) is 32.7. The fourth-order valence-electron chi connectivity index (χ4n) is 9.41. The summed E-state index contributed by atoms with van der Waals surface area (Å²) in [5.74, 6) is -0.822. The summed E-state index contributed by atoms with van der Waals surface area (Å²) in [5.41, 5.74) is 3.25. The molecule has 0 bridgehead atoms. The second-order valence-corrected chi connectivity index (χ2v) is 16.5. The molecule has 1 aliphatic carbocycles. The lowest BCUT2D eigenvalue weighted by Crippen LogP contribution is -2.50. The molecule has 12 nitrogen and oxygen atoms in total. The van der Waals surface area contributed by atoms with Crippen LogP contribution in [0.15, 0.2) is 48.7 Å². The smallest absolute Gasteiger partial charge is 0.249 e. The van der Waals surface area contributed by atoms with Crippen molar-refractivity contribution in [1.29, 1.82) is 0 Å². The number of piperidine rings is 4. The molecule has 2 aromatic carbocycles. The second-order valence-electron chi connectivity index (χ2n) is 16.5. The summed E-state index contributed by atoms with van der Waals surface area (Å²) < 4.78 is 30.2. The van der Waals surface area contributed by atoms with Gasteiger partial charge in [-0.05, 0) is 120 Å². The fourth-order valence-corrected chi connectivity index (χ4v) is 9.41. The Balaban J connectivity index is 0.750. The Kier molecular flexibility index (Phi) is 12.1. The largest absolute Gasteiger partial charge is 0.374 e. The zero-order chi connectivity index (χ0) is 39.3. The second kappa shape index (κ2) is 17.7. The average Bonchev–Trinajstić information content (AvgIpc) is 3.24. The Morgan fingerprint density at radius 2 is 1.51 bits per heavy atom. The number of anilines is 4. The zero-order valence-electron chi connectivity index (χ0n) is 32.7. The van der Waals surface area contributed by atoms with Crippen LogP contribution in [-0.2, 0) is 14.4 Å². The first-order valence-corrected chi connectivity index (χ1v) is 21.1. The maximum atomic E-state index is 15.2. The molecule has 4 aliphatic heterocycles. The molecule has 1 aromatic heterocycles. The van der Waals surface area contributed by atoms with Crippen molar-refractivity contribution in [3.05, 3.63) is 60.3 Å². The van der Waals surface area contributed by atoms with Gasteiger partial charge in [-0.1, -0.05) is 12.1 Å². The van der Waals surface area contributed by atoms with Gasteiger partial charge in [-0.3, -0.25) is 19.7 Å². The average molecular weight is 784 g/mol. The van der Waals surface area contributed by atoms with Gasteiger partial charge in [0, 0.05) is 73.6 Å². The summed E-state index contributed by atoms with van der Waals surface area (Å²) in [6.07, 6.45) is 12.5. The van der Waals surface area contributed by atoms with Crippen molar-refractivity contribution >= 4 is 40.7 Å². The Hall–Kier alpha value is -4.85. The third-order valence-corrected chi connectivity index (χ3v) is 12.7. The van der Waals surface area contributed by atoms with E-state index in [1.165, 1.54) is 31.5 Å². The number of hydrogen-bond acceptors (Lipinski definition) is 10. The summed E-state index contributed by atoms with van der Waals surface area (Å²) in [6.45, 7) is 5.31. The summed E-state index contributed by atoms with van der Waals surface area (Å²) in [6, 6.07) is 13.1. The SMILES string of the molecule is O=C1CCC(Nc2ccc(N3CCC(N4CCC(C(=O)N[C@H]5CC[C@H](Nc6ncc(F)c(-c7cccc(N8CCCCC8)c7)n6)CC5)CC4)CC3)c(F)c2)C(=O)N1. The number of halogens is 2. The van der Waals surface area contributed by atoms with Crippen molar-refractivity contribution in [2.75, 3.05) is 59.7 Å². The van der Waals surface area contributed by atoms with Crippen molar-refractivity contribution in [1.82, 2.24) is 25.5 Å². The van der Waals surface area contributed by atoms with Gasteiger partial charge in [0.2, 0.25) is 23.7 Å². The van der Waals surface area contributed by atoms with Gasteiger partial charge in [-0.25, -0.2) is 18.7 Å². The monoisotopic (exact) mass is 783 g/mol. The first-order valence-electron chi connectivity index (χ1n) is 21.1. The van der Waals surface area contributed by atoms with Gasteiger partial charge in [-0.15, -0.1) is 0 Å². The highest BCUT2D eigenvalue weighted by Gasteiger charge is 2.33. The molecular formula is C43H55F2N9O3. The molecule has 1 unspecified atom stereocenters. The lowest BCUT2D eigenvalue weighted by molar-refractivity contribution is -0.133. The molecule has 5 fully saturated rings. The molecule has 57 heavy (non-hydrogen) atoms. The molecule has 5 aliphatic rings. The molecule has 1 atom stereocenters. The number of carbonyl (C=O) groups is 3. The fraction of sp³-hybridized carbons (Fsp3) is 0.558. The van der Waals surface area contributed by atoms with Crippen LogP contribution < -0.4 is 31.1 Å². The number of hydrogen-bond donors (Lipinski definition) is 4. The number of likely N-dealkylation sites (tertiary alicyclic amines) is 1. The summed E-state index contributed by atoms with van der Waals surface area (Å²) >= 11 is 0. The quantitative estimate of drug-likeness (QED) is 0.186. The Labute approximate surface area is 333 Å². The Bertz CT molecular complexity index is 1900. The van der Waals surface area contributed by atoms with Crippen LogP contribution in [0.4, 0.5) is 31.8 Å². The van der Waals surface area contributed by atoms with Gasteiger partial charge in [0.25, 0.3) is 0 Å². The van der Waals surface area contributed by atoms with E-state index in [2.05, 4.69) is 52.0 Å². The number of aromatic nitrogens is 2. The van der Waals surface area contributed by atoms with Crippen molar-refractivity contribution in [3.63, 3.8) is 0 Å². The molecule has 304 valence electrons. The first kappa shape index (κ1) is 39.0. The number of nitrogens with one attached hydrogen (secondary N) is 4. The first-order chi connectivity index (χ1) is 27.8. The summed E-state index contributed by atoms with van der Waals surface area (Å²) in [7, 11) is 0. The van der Waals surface area contributed by atoms with E-state index in [-0.39, 0.29) is 48.0 Å². The molecule has 3 aromatic rings. The van der Waals surface area contributed by atoms with Crippen LogP contribution in [0.3, 0.4) is 0 Å². The minimum absolute atomic E-state index is 0.0121. The van der Waals surface area contributed by atoms with Gasteiger partial charge < -0.3 is 30.7 Å². The molecule has 5 heterocycles. The number of amides is 3. The predicted molar refractivity (Wildman–Crippen MR) is 217 cm³/mol. The van der Waals surface area contributed by atoms with E-state index in [9.17, 15) is 18.8 Å². The van der Waals surface area contributed by atoms with Crippen LogP contribution in [0, 0.1) is 17.6 Å². The van der Waals surface area contributed by atoms with E-state index in [4.69, 9.17) is 0 Å². The van der Waals surface area contributed by atoms with Crippen molar-refractivity contribution < 1.29 is 23.2 Å². The van der Waals surface area contributed by atoms with Gasteiger partial charge in [0.05, 0.1) is 11.9 Å². The van der Waals surface area contributed by atoms with Gasteiger partial charge in [-0.2, -0.15) is 0 Å². The van der Waals surface area contributed by atoms with Crippen molar-refractivity contribution in [3.8, 4) is 11.3 Å². The lowest BCUT2D eigenvalue weighted by Gasteiger charge is -2.42. The molecule has 0 radical (unpaired) electrons. The minimum atomic E-state index is -0.555. The van der Waals surface area contributed by atoms with Gasteiger partial charge in [0.15, 0.2) is 5.82 Å². The summed E-state index contributed by atoms with van der Waals surface area (Å²) in [5, 5.41) is 12.2. The maximum Gasteiger partial charge on any atom is 0.249 e. The maximum absolute atomic E-state index is 15.2. The van der Waals surface area contributed by atoms with Crippen LogP contribution >= 0.6 is 0 Å². The van der Waals surface area contributed by atoms with E-state index in [1.807, 2.05) is 18.2 Å². The topological polar surface area (TPSA) is 135 Å². The molecule has 1 saturated carbocycles. The van der Waals surface area contributed by atoms with E-state index in [1.54, 1.807) is 12.1 Å². The number of imide groups is 1. The molecule has 4 saturated heterocycles. The highest BCUT2D eigenvalue weighted by atomic mass is 19.1. The van der Waals surface area contributed by atoms with Crippen LogP contribution in [0.5, 0.6) is 0 Å². The van der Waals surface area contributed by atoms with Crippen LogP contribution in [0.2, 0.25) is 0 Å². The third kappa shape index (κ3) is 9.48. The number of rotatable bonds is 10. The standard InChI is InChI=1S/C43H55F2N9O3/c44-35-26-32(47-37-12-14-39(55)50-42(37)57)11-13-38(35)54-23-17-33(18-24-54)53-21-15-28(16-22-53)41(56)48-30-7-9-31(10-8-30)49-43-46-27-36(45)40(51-43)29-5-4-6-34(25-29)52-19-2-1-3-20-52/h4-6,11,13,25-28,30-31,33,37,47H,1-3,7-10,12,14-24H2,(H,48,56)(H,46,49,51)(H,50,55,57)/t30-,31-,37?. The van der Waals surface area contributed by atoms with E-state index in [0.29, 0.717) is 35.5 Å². The Morgan fingerprint density at radius 1 is 0.754 bits per heavy atom. The highest BCUT2D eigenvalue weighted by molar-refractivity contribution is 6.01. The molecular weight excluding hydrogens is 729 g/mol. The molecule has 8 rings (SSSR count). The van der Waals surface area contributed by atoms with E-state index < -0.39 is 11.9 Å². The molecule has 0 spiro atoms. The number of carbonyl (C=O) groups excluding carboxylic acids is 3. The minimum Gasteiger partial charge on any atom is -0.374 e. The van der Waals surface area contributed by atoms with Crippen LogP contribution in [-0.4, -0.2) is 96.0 Å². The number of nitrogens with zero attached hydrogens (tertiary/aromatic N) is 5. The van der Waals surface area contributed by atoms with E-state index >= 15 is 4.39 Å². The predicted octanol–water partition coefficient (Wildman–Crippen LogP) is 5.85. The molecule has 3 amide bonds. The van der Waals surface area contributed by atoms with E-state index in [0.717, 1.165) is 102 Å².